The number of hydrogen-bond acceptors (Lipinski definition) is 0. The van der Waals surface area contributed by atoms with Crippen LogP contribution in [-0.4, -0.2) is 4.57 Å². The molecule has 2 rings (SSSR count). The van der Waals surface area contributed by atoms with Gasteiger partial charge in [0.2, 0.25) is 0 Å². The number of nitrogens with zero attached hydrogens (tertiary/aromatic N) is 1. The fourth-order valence-electron chi connectivity index (χ4n) is 1.40. The zero-order chi connectivity index (χ0) is 8.39. The van der Waals surface area contributed by atoms with Crippen LogP contribution in [0.3, 0.4) is 0 Å². The number of allylic oxidation sites excluding steroid dienone is 1. The highest BCUT2D eigenvalue weighted by molar-refractivity contribution is 5.81. The second kappa shape index (κ2) is 2.86. The van der Waals surface area contributed by atoms with E-state index in [9.17, 15) is 0 Å². The molecule has 0 amide bonds. The molecule has 0 spiro atoms. The molecule has 0 aliphatic heterocycles. The predicted octanol–water partition coefficient (Wildman–Crippen LogP) is 3.13. The van der Waals surface area contributed by atoms with E-state index < -0.39 is 0 Å². The van der Waals surface area contributed by atoms with Gasteiger partial charge in [-0.15, -0.1) is 0 Å². The lowest BCUT2D eigenvalue weighted by molar-refractivity contribution is 1.22. The van der Waals surface area contributed by atoms with Crippen molar-refractivity contribution in [3.63, 3.8) is 0 Å². The van der Waals surface area contributed by atoms with E-state index in [1.165, 1.54) is 10.9 Å². The minimum absolute atomic E-state index is 1.26. The number of para-hydroxylation sites is 1. The highest BCUT2D eigenvalue weighted by atomic mass is 14.9. The van der Waals surface area contributed by atoms with E-state index in [0.29, 0.717) is 0 Å². The monoisotopic (exact) mass is 157 g/mol. The molecule has 0 radical (unpaired) electrons. The Hall–Kier alpha value is -1.50. The lowest BCUT2D eigenvalue weighted by Gasteiger charge is -1.95. The molecule has 0 atom stereocenters. The van der Waals surface area contributed by atoms with Crippen LogP contribution in [0.15, 0.2) is 42.6 Å². The Bertz CT molecular complexity index is 410. The van der Waals surface area contributed by atoms with Crippen LogP contribution in [0.5, 0.6) is 0 Å². The van der Waals surface area contributed by atoms with E-state index in [1.807, 2.05) is 13.0 Å². The smallest absolute Gasteiger partial charge is 0.0522 e. The molecule has 0 saturated heterocycles. The molecule has 0 N–H and O–H groups in total. The van der Waals surface area contributed by atoms with Gasteiger partial charge in [0, 0.05) is 12.4 Å². The number of aromatic nitrogens is 1. The van der Waals surface area contributed by atoms with Crippen molar-refractivity contribution in [1.82, 2.24) is 4.57 Å². The third-order valence-electron chi connectivity index (χ3n) is 1.94. The lowest BCUT2D eigenvalue weighted by Crippen LogP contribution is -1.80. The van der Waals surface area contributed by atoms with E-state index in [4.69, 9.17) is 0 Å². The standard InChI is InChI=1S/C11H11N/c1-2-8-12-9-7-10-5-3-4-6-11(10)12/h2-9H,1H3. The molecule has 0 aliphatic rings. The van der Waals surface area contributed by atoms with E-state index in [1.54, 1.807) is 0 Å². The fourth-order valence-corrected chi connectivity index (χ4v) is 1.40. The Kier molecular flexibility index (Phi) is 1.71. The van der Waals surface area contributed by atoms with Crippen molar-refractivity contribution in [2.75, 3.05) is 0 Å². The van der Waals surface area contributed by atoms with E-state index >= 15 is 0 Å². The molecule has 2 aromatic rings. The van der Waals surface area contributed by atoms with Crippen molar-refractivity contribution in [3.8, 4) is 0 Å². The highest BCUT2D eigenvalue weighted by Gasteiger charge is 1.94. The van der Waals surface area contributed by atoms with Gasteiger partial charge in [0.15, 0.2) is 0 Å². The molecule has 0 aliphatic carbocycles. The lowest BCUT2D eigenvalue weighted by atomic mass is 10.2. The summed E-state index contributed by atoms with van der Waals surface area (Å²) < 4.78 is 2.12. The Morgan fingerprint density at radius 1 is 1.17 bits per heavy atom. The van der Waals surface area contributed by atoms with Gasteiger partial charge in [0.1, 0.15) is 0 Å². The van der Waals surface area contributed by atoms with Crippen LogP contribution < -0.4 is 0 Å². The summed E-state index contributed by atoms with van der Waals surface area (Å²) in [7, 11) is 0. The molecule has 12 heavy (non-hydrogen) atoms. The Morgan fingerprint density at radius 2 is 2.00 bits per heavy atom. The van der Waals surface area contributed by atoms with Gasteiger partial charge in [0.05, 0.1) is 5.52 Å². The normalized spacial score (nSPS) is 11.4. The summed E-state index contributed by atoms with van der Waals surface area (Å²) in [6.45, 7) is 2.02. The predicted molar refractivity (Wildman–Crippen MR) is 52.9 cm³/mol. The van der Waals surface area contributed by atoms with Gasteiger partial charge in [-0.25, -0.2) is 0 Å². The van der Waals surface area contributed by atoms with E-state index in [-0.39, 0.29) is 0 Å². The van der Waals surface area contributed by atoms with Crippen LogP contribution in [-0.2, 0) is 0 Å². The van der Waals surface area contributed by atoms with Gasteiger partial charge in [-0.3, -0.25) is 0 Å². The number of rotatable bonds is 1. The van der Waals surface area contributed by atoms with Crippen LogP contribution in [0.4, 0.5) is 0 Å². The second-order valence-electron chi connectivity index (χ2n) is 2.76. The molecule has 0 saturated carbocycles. The number of benzene rings is 1. The van der Waals surface area contributed by atoms with Crippen LogP contribution in [0.25, 0.3) is 17.1 Å². The van der Waals surface area contributed by atoms with Crippen LogP contribution in [0, 0.1) is 0 Å². The summed E-state index contributed by atoms with van der Waals surface area (Å²) >= 11 is 0. The highest BCUT2D eigenvalue weighted by Crippen LogP contribution is 2.14. The molecule has 60 valence electrons. The van der Waals surface area contributed by atoms with Gasteiger partial charge in [0.25, 0.3) is 0 Å². The molecule has 1 heteroatoms. The summed E-state index contributed by atoms with van der Waals surface area (Å²) in [4.78, 5) is 0. The van der Waals surface area contributed by atoms with Crippen molar-refractivity contribution < 1.29 is 0 Å². The summed E-state index contributed by atoms with van der Waals surface area (Å²) in [6, 6.07) is 10.5. The average Bonchev–Trinajstić information content (AvgIpc) is 2.50. The zero-order valence-electron chi connectivity index (χ0n) is 7.07. The third-order valence-corrected chi connectivity index (χ3v) is 1.94. The molecule has 0 bridgehead atoms. The topological polar surface area (TPSA) is 4.93 Å². The van der Waals surface area contributed by atoms with Crippen LogP contribution in [0.2, 0.25) is 0 Å². The maximum absolute atomic E-state index is 2.12. The quantitative estimate of drug-likeness (QED) is 0.599. The van der Waals surface area contributed by atoms with Crippen molar-refractivity contribution in [2.45, 2.75) is 6.92 Å². The first-order valence-electron chi connectivity index (χ1n) is 4.10. The largest absolute Gasteiger partial charge is 0.324 e. The number of fused-ring (bicyclic) bond motifs is 1. The molecule has 1 nitrogen and oxygen atoms in total. The first-order valence-corrected chi connectivity index (χ1v) is 4.10. The van der Waals surface area contributed by atoms with Crippen molar-refractivity contribution in [3.05, 3.63) is 42.6 Å². The Labute approximate surface area is 71.9 Å². The molecular formula is C11H11N. The van der Waals surface area contributed by atoms with Gasteiger partial charge in [-0.05, 0) is 24.4 Å². The molecule has 1 heterocycles. The average molecular weight is 157 g/mol. The first kappa shape index (κ1) is 7.17. The Morgan fingerprint density at radius 3 is 2.83 bits per heavy atom. The third kappa shape index (κ3) is 1.03. The molecule has 0 fully saturated rings. The maximum Gasteiger partial charge on any atom is 0.0522 e. The molecule has 1 aromatic carbocycles. The van der Waals surface area contributed by atoms with Crippen molar-refractivity contribution >= 4 is 17.1 Å². The minimum Gasteiger partial charge on any atom is -0.324 e. The van der Waals surface area contributed by atoms with Crippen molar-refractivity contribution in [1.29, 1.82) is 0 Å². The summed E-state index contributed by atoms with van der Waals surface area (Å²) in [5.74, 6) is 0. The molecule has 1 aromatic heterocycles. The van der Waals surface area contributed by atoms with Gasteiger partial charge in [-0.2, -0.15) is 0 Å². The summed E-state index contributed by atoms with van der Waals surface area (Å²) in [5, 5.41) is 1.29. The Balaban J connectivity index is 2.70. The van der Waals surface area contributed by atoms with E-state index in [2.05, 4.69) is 47.3 Å². The fraction of sp³-hybridized carbons (Fsp3) is 0.0909. The second-order valence-corrected chi connectivity index (χ2v) is 2.76. The minimum atomic E-state index is 1.26. The van der Waals surface area contributed by atoms with Gasteiger partial charge in [-0.1, -0.05) is 24.3 Å². The first-order chi connectivity index (χ1) is 5.92. The molecular weight excluding hydrogens is 146 g/mol. The van der Waals surface area contributed by atoms with Crippen LogP contribution >= 0.6 is 0 Å². The summed E-state index contributed by atoms with van der Waals surface area (Å²) in [5.41, 5.74) is 1.26. The maximum atomic E-state index is 2.12. The van der Waals surface area contributed by atoms with Gasteiger partial charge >= 0.3 is 0 Å². The van der Waals surface area contributed by atoms with Gasteiger partial charge < -0.3 is 4.57 Å². The van der Waals surface area contributed by atoms with E-state index in [0.717, 1.165) is 0 Å². The van der Waals surface area contributed by atoms with Crippen LogP contribution in [0.1, 0.15) is 6.92 Å². The van der Waals surface area contributed by atoms with Crippen molar-refractivity contribution in [2.24, 2.45) is 0 Å². The SMILES string of the molecule is CC=Cn1ccc2ccccc21. The number of hydrogen-bond donors (Lipinski definition) is 0. The zero-order valence-corrected chi connectivity index (χ0v) is 7.07. The molecule has 0 unspecified atom stereocenters. The summed E-state index contributed by atoms with van der Waals surface area (Å²) in [6.07, 6.45) is 6.17.